The van der Waals surface area contributed by atoms with Crippen molar-refractivity contribution >= 4 is 29.2 Å². The van der Waals surface area contributed by atoms with E-state index in [4.69, 9.17) is 0 Å². The zero-order chi connectivity index (χ0) is 24.1. The highest BCUT2D eigenvalue weighted by Gasteiger charge is 2.27. The van der Waals surface area contributed by atoms with Crippen molar-refractivity contribution in [3.8, 4) is 6.07 Å². The van der Waals surface area contributed by atoms with Crippen LogP contribution in [-0.4, -0.2) is 44.0 Å². The summed E-state index contributed by atoms with van der Waals surface area (Å²) >= 11 is 0. The van der Waals surface area contributed by atoms with Crippen molar-refractivity contribution in [2.24, 2.45) is 0 Å². The van der Waals surface area contributed by atoms with Gasteiger partial charge in [0.15, 0.2) is 6.29 Å². The SMILES string of the molecule is CC(=O)CCC(C(C)=O)c1c(F)cc(N2CCN(c3ccc(C=O)c(C#N)c3)CC2)cc1F. The monoisotopic (exact) mass is 453 g/mol. The molecule has 1 aliphatic heterocycles. The Hall–Kier alpha value is -3.60. The first-order valence-corrected chi connectivity index (χ1v) is 10.7. The van der Waals surface area contributed by atoms with Gasteiger partial charge in [0.05, 0.1) is 11.6 Å². The number of benzene rings is 2. The van der Waals surface area contributed by atoms with Gasteiger partial charge in [-0.15, -0.1) is 0 Å². The topological polar surface area (TPSA) is 81.5 Å². The average molecular weight is 453 g/mol. The maximum absolute atomic E-state index is 14.9. The standard InChI is InChI=1S/C25H25F2N3O3/c1-16(32)3-6-22(17(2)33)25-23(26)12-21(13-24(25)27)30-9-7-29(8-10-30)20-5-4-18(15-31)19(11-20)14-28/h4-5,11-13,15,22H,3,6-10H2,1-2H3. The number of halogens is 2. The van der Waals surface area contributed by atoms with Gasteiger partial charge in [-0.25, -0.2) is 8.78 Å². The maximum Gasteiger partial charge on any atom is 0.151 e. The number of piperazine rings is 1. The Labute approximate surface area is 191 Å². The van der Waals surface area contributed by atoms with E-state index in [0.717, 1.165) is 5.69 Å². The normalized spacial score (nSPS) is 14.5. The van der Waals surface area contributed by atoms with Crippen LogP contribution in [0.15, 0.2) is 30.3 Å². The second kappa shape index (κ2) is 10.3. The van der Waals surface area contributed by atoms with Crippen LogP contribution in [0.25, 0.3) is 0 Å². The van der Waals surface area contributed by atoms with E-state index in [1.54, 1.807) is 18.2 Å². The zero-order valence-electron chi connectivity index (χ0n) is 18.6. The molecule has 1 saturated heterocycles. The summed E-state index contributed by atoms with van der Waals surface area (Å²) in [6, 6.07) is 9.54. The molecule has 1 fully saturated rings. The predicted octanol–water partition coefficient (Wildman–Crippen LogP) is 4.02. The minimum Gasteiger partial charge on any atom is -0.368 e. The summed E-state index contributed by atoms with van der Waals surface area (Å²) in [5.41, 5.74) is 1.54. The summed E-state index contributed by atoms with van der Waals surface area (Å²) in [6.45, 7) is 4.77. The number of rotatable bonds is 8. The van der Waals surface area contributed by atoms with Crippen LogP contribution in [0.2, 0.25) is 0 Å². The molecular formula is C25H25F2N3O3. The van der Waals surface area contributed by atoms with Gasteiger partial charge >= 0.3 is 0 Å². The molecule has 0 radical (unpaired) electrons. The van der Waals surface area contributed by atoms with Gasteiger partial charge in [0.1, 0.15) is 23.2 Å². The van der Waals surface area contributed by atoms with Crippen LogP contribution in [0.4, 0.5) is 20.2 Å². The van der Waals surface area contributed by atoms with Crippen LogP contribution >= 0.6 is 0 Å². The molecule has 172 valence electrons. The van der Waals surface area contributed by atoms with E-state index >= 15 is 0 Å². The van der Waals surface area contributed by atoms with E-state index in [2.05, 4.69) is 0 Å². The smallest absolute Gasteiger partial charge is 0.151 e. The molecule has 0 spiro atoms. The summed E-state index contributed by atoms with van der Waals surface area (Å²) in [5.74, 6) is -3.10. The Bertz CT molecular complexity index is 1100. The highest BCUT2D eigenvalue weighted by atomic mass is 19.1. The van der Waals surface area contributed by atoms with Crippen molar-refractivity contribution in [3.05, 3.63) is 58.7 Å². The van der Waals surface area contributed by atoms with Crippen molar-refractivity contribution in [2.45, 2.75) is 32.6 Å². The number of aldehydes is 1. The third-order valence-electron chi connectivity index (χ3n) is 5.98. The molecule has 0 aromatic heterocycles. The van der Waals surface area contributed by atoms with Crippen molar-refractivity contribution in [1.29, 1.82) is 5.26 Å². The fourth-order valence-corrected chi connectivity index (χ4v) is 4.15. The molecule has 0 N–H and O–H groups in total. The fourth-order valence-electron chi connectivity index (χ4n) is 4.15. The van der Waals surface area contributed by atoms with E-state index in [9.17, 15) is 28.4 Å². The highest BCUT2D eigenvalue weighted by molar-refractivity contribution is 5.85. The molecule has 1 unspecified atom stereocenters. The molecule has 0 saturated carbocycles. The minimum absolute atomic E-state index is 0.0735. The quantitative estimate of drug-likeness (QED) is 0.562. The molecule has 1 heterocycles. The van der Waals surface area contributed by atoms with Crippen molar-refractivity contribution in [2.75, 3.05) is 36.0 Å². The Morgan fingerprint density at radius 1 is 1.03 bits per heavy atom. The van der Waals surface area contributed by atoms with E-state index in [1.807, 2.05) is 15.9 Å². The summed E-state index contributed by atoms with van der Waals surface area (Å²) in [6.07, 6.45) is 0.794. The van der Waals surface area contributed by atoms with Crippen LogP contribution in [-0.2, 0) is 9.59 Å². The maximum atomic E-state index is 14.9. The van der Waals surface area contributed by atoms with E-state index in [0.29, 0.717) is 49.3 Å². The number of carbonyl (C=O) groups excluding carboxylic acids is 3. The molecule has 6 nitrogen and oxygen atoms in total. The second-order valence-electron chi connectivity index (χ2n) is 8.20. The molecular weight excluding hydrogens is 428 g/mol. The molecule has 0 bridgehead atoms. The van der Waals surface area contributed by atoms with Gasteiger partial charge in [-0.1, -0.05) is 0 Å². The Balaban J connectivity index is 1.75. The van der Waals surface area contributed by atoms with Crippen molar-refractivity contribution in [3.63, 3.8) is 0 Å². The van der Waals surface area contributed by atoms with Gasteiger partial charge in [0, 0.05) is 61.0 Å². The molecule has 1 aliphatic rings. The number of ketones is 2. The Kier molecular flexibility index (Phi) is 7.54. The van der Waals surface area contributed by atoms with Crippen LogP contribution in [0.1, 0.15) is 54.1 Å². The average Bonchev–Trinajstić information content (AvgIpc) is 2.79. The van der Waals surface area contributed by atoms with Crippen LogP contribution in [0, 0.1) is 23.0 Å². The number of hydrogen-bond acceptors (Lipinski definition) is 6. The molecule has 2 aromatic carbocycles. The first kappa shape index (κ1) is 24.1. The number of nitriles is 1. The van der Waals surface area contributed by atoms with Gasteiger partial charge in [0.2, 0.25) is 0 Å². The number of carbonyl (C=O) groups is 3. The number of nitrogens with zero attached hydrogens (tertiary/aromatic N) is 3. The predicted molar refractivity (Wildman–Crippen MR) is 121 cm³/mol. The van der Waals surface area contributed by atoms with Gasteiger partial charge in [-0.2, -0.15) is 5.26 Å². The lowest BCUT2D eigenvalue weighted by atomic mass is 9.89. The molecule has 3 rings (SSSR count). The zero-order valence-corrected chi connectivity index (χ0v) is 18.6. The Morgan fingerprint density at radius 3 is 2.09 bits per heavy atom. The van der Waals surface area contributed by atoms with Crippen molar-refractivity contribution < 1.29 is 23.2 Å². The lowest BCUT2D eigenvalue weighted by Gasteiger charge is -2.37. The number of hydrogen-bond donors (Lipinski definition) is 0. The third-order valence-corrected chi connectivity index (χ3v) is 5.98. The first-order valence-electron chi connectivity index (χ1n) is 10.7. The lowest BCUT2D eigenvalue weighted by Crippen LogP contribution is -2.46. The lowest BCUT2D eigenvalue weighted by molar-refractivity contribution is -0.119. The van der Waals surface area contributed by atoms with E-state index < -0.39 is 17.6 Å². The molecule has 8 heteroatoms. The summed E-state index contributed by atoms with van der Waals surface area (Å²) in [7, 11) is 0. The van der Waals surface area contributed by atoms with Crippen LogP contribution in [0.5, 0.6) is 0 Å². The van der Waals surface area contributed by atoms with Crippen LogP contribution < -0.4 is 9.80 Å². The minimum atomic E-state index is -0.997. The summed E-state index contributed by atoms with van der Waals surface area (Å²) < 4.78 is 29.8. The summed E-state index contributed by atoms with van der Waals surface area (Å²) in [5, 5.41) is 9.23. The van der Waals surface area contributed by atoms with Gasteiger partial charge in [-0.3, -0.25) is 9.59 Å². The number of anilines is 2. The number of Topliss-reactive ketones (excluding diaryl/α,β-unsaturated/α-hetero) is 2. The Morgan fingerprint density at radius 2 is 1.61 bits per heavy atom. The largest absolute Gasteiger partial charge is 0.368 e. The molecule has 1 atom stereocenters. The first-order chi connectivity index (χ1) is 15.7. The molecule has 0 amide bonds. The molecule has 33 heavy (non-hydrogen) atoms. The van der Waals surface area contributed by atoms with E-state index in [1.165, 1.54) is 26.0 Å². The summed E-state index contributed by atoms with van der Waals surface area (Å²) in [4.78, 5) is 38.2. The second-order valence-corrected chi connectivity index (χ2v) is 8.20. The molecule has 2 aromatic rings. The van der Waals surface area contributed by atoms with Gasteiger partial charge in [-0.05, 0) is 50.6 Å². The molecule has 0 aliphatic carbocycles. The fraction of sp³-hybridized carbons (Fsp3) is 0.360. The van der Waals surface area contributed by atoms with E-state index in [-0.39, 0.29) is 30.0 Å². The third kappa shape index (κ3) is 5.43. The van der Waals surface area contributed by atoms with Crippen LogP contribution in [0.3, 0.4) is 0 Å². The van der Waals surface area contributed by atoms with Gasteiger partial charge < -0.3 is 14.6 Å². The van der Waals surface area contributed by atoms with Crippen molar-refractivity contribution in [1.82, 2.24) is 0 Å². The van der Waals surface area contributed by atoms with Gasteiger partial charge in [0.25, 0.3) is 0 Å². The highest BCUT2D eigenvalue weighted by Crippen LogP contribution is 2.32.